The quantitative estimate of drug-likeness (QED) is 0.701. The summed E-state index contributed by atoms with van der Waals surface area (Å²) < 4.78 is 53.8. The fraction of sp³-hybridized carbons (Fsp3) is 0.294. The number of sulfonamides is 1. The van der Waals surface area contributed by atoms with Crippen LogP contribution in [0.3, 0.4) is 0 Å². The van der Waals surface area contributed by atoms with E-state index in [0.717, 1.165) is 27.5 Å². The molecule has 0 atom stereocenters. The van der Waals surface area contributed by atoms with Gasteiger partial charge in [-0.05, 0) is 24.3 Å². The summed E-state index contributed by atoms with van der Waals surface area (Å²) in [5.41, 5.74) is 0. The molecule has 3 rings (SSSR count). The lowest BCUT2D eigenvalue weighted by molar-refractivity contribution is -0.129. The molecule has 2 aromatic rings. The lowest BCUT2D eigenvalue weighted by atomic mass is 10.3. The van der Waals surface area contributed by atoms with Crippen LogP contribution in [0.15, 0.2) is 52.5 Å². The van der Waals surface area contributed by atoms with Crippen molar-refractivity contribution in [3.8, 4) is 0 Å². The van der Waals surface area contributed by atoms with E-state index < -0.39 is 26.6 Å². The minimum Gasteiger partial charge on any atom is -0.339 e. The maximum absolute atomic E-state index is 13.8. The Hall–Kier alpha value is -2.04. The molecule has 144 valence electrons. The molecule has 2 heterocycles. The van der Waals surface area contributed by atoms with Crippen LogP contribution in [0.25, 0.3) is 0 Å². The molecule has 10 heteroatoms. The largest absolute Gasteiger partial charge is 0.339 e. The molecule has 0 radical (unpaired) electrons. The van der Waals surface area contributed by atoms with Crippen LogP contribution in [0.2, 0.25) is 0 Å². The average molecular weight is 413 g/mol. The van der Waals surface area contributed by atoms with E-state index in [1.165, 1.54) is 11.8 Å². The monoisotopic (exact) mass is 413 g/mol. The second-order valence-corrected chi connectivity index (χ2v) is 8.66. The number of aromatic nitrogens is 1. The van der Waals surface area contributed by atoms with E-state index in [1.54, 1.807) is 23.2 Å². The molecule has 1 aliphatic rings. The van der Waals surface area contributed by atoms with Gasteiger partial charge in [0.15, 0.2) is 4.90 Å². The molecule has 1 aromatic carbocycles. The molecule has 0 saturated carbocycles. The van der Waals surface area contributed by atoms with Gasteiger partial charge in [0.1, 0.15) is 11.6 Å². The number of thioether (sulfide) groups is 1. The first-order valence-electron chi connectivity index (χ1n) is 8.15. The summed E-state index contributed by atoms with van der Waals surface area (Å²) in [5, 5.41) is 0.724. The van der Waals surface area contributed by atoms with Gasteiger partial charge in [0, 0.05) is 32.4 Å². The first kappa shape index (κ1) is 19.7. The van der Waals surface area contributed by atoms with Crippen molar-refractivity contribution in [1.82, 2.24) is 14.2 Å². The first-order chi connectivity index (χ1) is 12.9. The zero-order valence-corrected chi connectivity index (χ0v) is 15.8. The minimum atomic E-state index is -4.30. The first-order valence-corrected chi connectivity index (χ1v) is 10.6. The Morgan fingerprint density at radius 1 is 1.04 bits per heavy atom. The molecule has 0 spiro atoms. The number of hydrogen-bond acceptors (Lipinski definition) is 5. The Kier molecular flexibility index (Phi) is 6.08. The summed E-state index contributed by atoms with van der Waals surface area (Å²) in [6, 6.07) is 8.33. The minimum absolute atomic E-state index is 0.0178. The third kappa shape index (κ3) is 4.45. The van der Waals surface area contributed by atoms with E-state index in [2.05, 4.69) is 4.98 Å². The molecule has 1 saturated heterocycles. The number of carbonyl (C=O) groups excluding carboxylic acids is 1. The van der Waals surface area contributed by atoms with Crippen molar-refractivity contribution < 1.29 is 22.0 Å². The zero-order valence-electron chi connectivity index (χ0n) is 14.2. The van der Waals surface area contributed by atoms with Gasteiger partial charge < -0.3 is 4.90 Å². The van der Waals surface area contributed by atoms with Gasteiger partial charge >= 0.3 is 0 Å². The lowest BCUT2D eigenvalue weighted by Crippen LogP contribution is -2.51. The van der Waals surface area contributed by atoms with Crippen molar-refractivity contribution in [1.29, 1.82) is 0 Å². The van der Waals surface area contributed by atoms with E-state index in [0.29, 0.717) is 0 Å². The maximum atomic E-state index is 13.8. The molecular weight excluding hydrogens is 396 g/mol. The van der Waals surface area contributed by atoms with E-state index in [1.807, 2.05) is 6.07 Å². The van der Waals surface area contributed by atoms with Crippen molar-refractivity contribution in [3.63, 3.8) is 0 Å². The van der Waals surface area contributed by atoms with Gasteiger partial charge in [-0.1, -0.05) is 23.9 Å². The number of nitrogens with zero attached hydrogens (tertiary/aromatic N) is 3. The normalized spacial score (nSPS) is 15.7. The van der Waals surface area contributed by atoms with Crippen LogP contribution in [0.5, 0.6) is 0 Å². The Morgan fingerprint density at radius 2 is 1.70 bits per heavy atom. The molecule has 27 heavy (non-hydrogen) atoms. The molecular formula is C17H17F2N3O3S2. The summed E-state index contributed by atoms with van der Waals surface area (Å²) in [6.07, 6.45) is 1.64. The molecule has 1 aliphatic heterocycles. The number of halogens is 2. The summed E-state index contributed by atoms with van der Waals surface area (Å²) in [6.45, 7) is 0.292. The highest BCUT2D eigenvalue weighted by molar-refractivity contribution is 7.99. The molecule has 0 N–H and O–H groups in total. The smallest absolute Gasteiger partial charge is 0.249 e. The van der Waals surface area contributed by atoms with Gasteiger partial charge in [-0.15, -0.1) is 0 Å². The number of amides is 1. The fourth-order valence-electron chi connectivity index (χ4n) is 2.70. The summed E-state index contributed by atoms with van der Waals surface area (Å²) in [7, 11) is -4.30. The number of rotatable bonds is 5. The Labute approximate surface area is 160 Å². The van der Waals surface area contributed by atoms with E-state index >= 15 is 0 Å². The van der Waals surface area contributed by atoms with Gasteiger partial charge in [0.2, 0.25) is 15.9 Å². The average Bonchev–Trinajstić information content (AvgIpc) is 2.67. The molecule has 0 aliphatic carbocycles. The molecule has 1 amide bonds. The van der Waals surface area contributed by atoms with Crippen molar-refractivity contribution in [2.24, 2.45) is 0 Å². The second kappa shape index (κ2) is 8.32. The zero-order chi connectivity index (χ0) is 19.4. The van der Waals surface area contributed by atoms with Crippen molar-refractivity contribution in [2.75, 3.05) is 31.9 Å². The number of pyridine rings is 1. The standard InChI is InChI=1S/C17H17F2N3O3S2/c18-13-4-3-5-14(19)17(13)27(24,25)22-10-8-21(9-11-22)16(23)12-26-15-6-1-2-7-20-15/h1-7H,8-12H2. The van der Waals surface area contributed by atoms with Crippen LogP contribution in [-0.2, 0) is 14.8 Å². The Morgan fingerprint density at radius 3 is 2.30 bits per heavy atom. The third-order valence-electron chi connectivity index (χ3n) is 4.09. The van der Waals surface area contributed by atoms with Gasteiger partial charge in [-0.2, -0.15) is 4.31 Å². The number of carbonyl (C=O) groups is 1. The SMILES string of the molecule is O=C(CSc1ccccn1)N1CCN(S(=O)(=O)c2c(F)cccc2F)CC1. The number of piperazine rings is 1. The van der Waals surface area contributed by atoms with E-state index in [9.17, 15) is 22.0 Å². The fourth-order valence-corrected chi connectivity index (χ4v) is 4.99. The van der Waals surface area contributed by atoms with Gasteiger partial charge in [0.25, 0.3) is 0 Å². The second-order valence-electron chi connectivity index (χ2n) is 5.79. The van der Waals surface area contributed by atoms with Crippen LogP contribution in [-0.4, -0.2) is 60.4 Å². The lowest BCUT2D eigenvalue weighted by Gasteiger charge is -2.34. The predicted molar refractivity (Wildman–Crippen MR) is 96.7 cm³/mol. The van der Waals surface area contributed by atoms with Gasteiger partial charge in [0.05, 0.1) is 10.8 Å². The predicted octanol–water partition coefficient (Wildman–Crippen LogP) is 1.99. The highest BCUT2D eigenvalue weighted by atomic mass is 32.2. The molecule has 1 fully saturated rings. The summed E-state index contributed by atoms with van der Waals surface area (Å²) in [5.74, 6) is -2.20. The molecule has 6 nitrogen and oxygen atoms in total. The topological polar surface area (TPSA) is 70.6 Å². The van der Waals surface area contributed by atoms with Crippen LogP contribution in [0.4, 0.5) is 8.78 Å². The van der Waals surface area contributed by atoms with Crippen LogP contribution in [0.1, 0.15) is 0 Å². The number of hydrogen-bond donors (Lipinski definition) is 0. The Bertz CT molecular complexity index is 898. The van der Waals surface area contributed by atoms with Crippen molar-refractivity contribution in [2.45, 2.75) is 9.92 Å². The van der Waals surface area contributed by atoms with Crippen LogP contribution in [0, 0.1) is 11.6 Å². The van der Waals surface area contributed by atoms with Crippen molar-refractivity contribution in [3.05, 3.63) is 54.2 Å². The maximum Gasteiger partial charge on any atom is 0.249 e. The van der Waals surface area contributed by atoms with Crippen molar-refractivity contribution >= 4 is 27.7 Å². The number of benzene rings is 1. The molecule has 0 bridgehead atoms. The molecule has 1 aromatic heterocycles. The molecule has 0 unspecified atom stereocenters. The third-order valence-corrected chi connectivity index (χ3v) is 6.97. The Balaban J connectivity index is 1.60. The van der Waals surface area contributed by atoms with E-state index in [4.69, 9.17) is 0 Å². The highest BCUT2D eigenvalue weighted by Crippen LogP contribution is 2.24. The van der Waals surface area contributed by atoms with Gasteiger partial charge in [-0.3, -0.25) is 4.79 Å². The van der Waals surface area contributed by atoms with Crippen LogP contribution < -0.4 is 0 Å². The highest BCUT2D eigenvalue weighted by Gasteiger charge is 2.33. The summed E-state index contributed by atoms with van der Waals surface area (Å²) in [4.78, 5) is 17.0. The van der Waals surface area contributed by atoms with Gasteiger partial charge in [-0.25, -0.2) is 22.2 Å². The van der Waals surface area contributed by atoms with Crippen LogP contribution >= 0.6 is 11.8 Å². The van der Waals surface area contributed by atoms with E-state index in [-0.39, 0.29) is 37.8 Å². The summed E-state index contributed by atoms with van der Waals surface area (Å²) >= 11 is 1.30.